The highest BCUT2D eigenvalue weighted by Crippen LogP contribution is 2.23. The van der Waals surface area contributed by atoms with Gasteiger partial charge in [-0.2, -0.15) is 0 Å². The van der Waals surface area contributed by atoms with Gasteiger partial charge in [0.05, 0.1) is 59.3 Å². The molecule has 0 amide bonds. The van der Waals surface area contributed by atoms with Gasteiger partial charge in [-0.1, -0.05) is 348 Å². The van der Waals surface area contributed by atoms with Crippen LogP contribution in [0.5, 0.6) is 5.75 Å². The lowest BCUT2D eigenvalue weighted by Crippen LogP contribution is -2.50. The third-order valence-corrected chi connectivity index (χ3v) is 17.9. The van der Waals surface area contributed by atoms with Gasteiger partial charge in [0.25, 0.3) is 0 Å². The molecule has 0 saturated carbocycles. The number of nitrogens with zero attached hydrogens (tertiary/aromatic N) is 2. The van der Waals surface area contributed by atoms with E-state index in [0.717, 1.165) is 28.7 Å². The van der Waals surface area contributed by atoms with E-state index in [-0.39, 0.29) is 10.6 Å². The first-order valence-corrected chi connectivity index (χ1v) is 38.0. The maximum atomic E-state index is 10.5. The Morgan fingerprint density at radius 3 is 0.543 bits per heavy atom. The molecule has 0 N–H and O–H groups in total. The van der Waals surface area contributed by atoms with Crippen molar-refractivity contribution < 1.29 is 27.0 Å². The first kappa shape index (κ1) is 81.9. The molecule has 0 heterocycles. The number of rotatable bonds is 61. The summed E-state index contributed by atoms with van der Waals surface area (Å²) in [5.74, 6) is -0.322. The SMILES string of the molecule is CCCCCCCCCCCCCCCC[N+](CCCCCCCCCCCCCCCC)(CCCCCCCCCCCCCCCC)CCCCCCCCCCCCCCCC.C[N+](C)(C)C.O=S(=O)([O-])c1ccc([O-])cc1. The largest absolute Gasteiger partial charge is 0.872 e. The molecule has 0 radical (unpaired) electrons. The third-order valence-electron chi connectivity index (χ3n) is 17.1. The van der Waals surface area contributed by atoms with Crippen molar-refractivity contribution in [2.75, 3.05) is 54.4 Å². The van der Waals surface area contributed by atoms with Gasteiger partial charge in [0, 0.05) is 0 Å². The molecule has 0 fully saturated rings. The molecule has 0 aromatic heterocycles. The number of hydrogen-bond donors (Lipinski definition) is 0. The van der Waals surface area contributed by atoms with Gasteiger partial charge in [-0.25, -0.2) is 8.42 Å². The maximum absolute atomic E-state index is 10.5. The van der Waals surface area contributed by atoms with Crippen LogP contribution >= 0.6 is 0 Å². The topological polar surface area (TPSA) is 80.3 Å². The molecule has 81 heavy (non-hydrogen) atoms. The Labute approximate surface area is 511 Å². The highest BCUT2D eigenvalue weighted by molar-refractivity contribution is 7.85. The summed E-state index contributed by atoms with van der Waals surface area (Å²) in [5.41, 5.74) is 0. The summed E-state index contributed by atoms with van der Waals surface area (Å²) in [5, 5.41) is 10.5. The Bertz CT molecular complexity index is 1300. The van der Waals surface area contributed by atoms with Crippen molar-refractivity contribution in [3.63, 3.8) is 0 Å². The fourth-order valence-electron chi connectivity index (χ4n) is 11.8. The molecule has 0 atom stereocenters. The Balaban J connectivity index is 0. The van der Waals surface area contributed by atoms with E-state index >= 15 is 0 Å². The van der Waals surface area contributed by atoms with Gasteiger partial charge >= 0.3 is 0 Å². The molecule has 1 aromatic carbocycles. The summed E-state index contributed by atoms with van der Waals surface area (Å²) in [4.78, 5) is -0.378. The van der Waals surface area contributed by atoms with Crippen molar-refractivity contribution in [3.05, 3.63) is 24.3 Å². The van der Waals surface area contributed by atoms with E-state index in [1.54, 1.807) is 0 Å². The van der Waals surface area contributed by atoms with Crippen molar-refractivity contribution >= 4 is 10.1 Å². The zero-order valence-electron chi connectivity index (χ0n) is 56.7. The van der Waals surface area contributed by atoms with E-state index in [9.17, 15) is 18.1 Å². The summed E-state index contributed by atoms with van der Waals surface area (Å²) in [6.45, 7) is 15.3. The van der Waals surface area contributed by atoms with Gasteiger partial charge in [-0.05, 0) is 63.5 Å². The average Bonchev–Trinajstić information content (AvgIpc) is 3.45. The summed E-state index contributed by atoms with van der Waals surface area (Å²) >= 11 is 0. The van der Waals surface area contributed by atoms with Crippen LogP contribution < -0.4 is 5.11 Å². The zero-order valence-corrected chi connectivity index (χ0v) is 57.5. The molecular weight excluding hydrogens is 1010 g/mol. The molecule has 0 aliphatic heterocycles. The minimum absolute atomic E-state index is 0.322. The number of hydrogen-bond acceptors (Lipinski definition) is 4. The summed E-state index contributed by atoms with van der Waals surface area (Å²) in [6.07, 6.45) is 82.7. The van der Waals surface area contributed by atoms with Crippen molar-refractivity contribution in [1.82, 2.24) is 0 Å². The lowest BCUT2D eigenvalue weighted by Gasteiger charge is -2.40. The molecule has 0 spiro atoms. The van der Waals surface area contributed by atoms with Crippen LogP contribution in [0.25, 0.3) is 0 Å². The fraction of sp³-hybridized carbons (Fsp3) is 0.919. The molecule has 6 nitrogen and oxygen atoms in total. The number of quaternary nitrogens is 2. The van der Waals surface area contributed by atoms with Gasteiger partial charge in [0.1, 0.15) is 10.1 Å². The normalized spacial score (nSPS) is 11.9. The lowest BCUT2D eigenvalue weighted by molar-refractivity contribution is -0.929. The summed E-state index contributed by atoms with van der Waals surface area (Å²) in [7, 11) is 4.09. The first-order chi connectivity index (χ1) is 39.2. The minimum Gasteiger partial charge on any atom is -0.872 e. The second-order valence-corrected chi connectivity index (χ2v) is 28.6. The molecule has 1 rings (SSSR count). The number of benzene rings is 1. The van der Waals surface area contributed by atoms with E-state index in [1.807, 2.05) is 0 Å². The van der Waals surface area contributed by atoms with Crippen molar-refractivity contribution in [2.24, 2.45) is 0 Å². The van der Waals surface area contributed by atoms with Crippen molar-refractivity contribution in [1.29, 1.82) is 0 Å². The predicted octanol–water partition coefficient (Wildman–Crippen LogP) is 23.7. The molecule has 0 bridgehead atoms. The Kier molecular flexibility index (Phi) is 64.1. The summed E-state index contributed by atoms with van der Waals surface area (Å²) < 4.78 is 33.4. The molecule has 0 saturated heterocycles. The van der Waals surface area contributed by atoms with E-state index in [1.165, 1.54) is 390 Å². The van der Waals surface area contributed by atoms with Crippen LogP contribution in [0.3, 0.4) is 0 Å². The van der Waals surface area contributed by atoms with Gasteiger partial charge < -0.3 is 18.6 Å². The minimum atomic E-state index is -4.41. The van der Waals surface area contributed by atoms with E-state index in [4.69, 9.17) is 0 Å². The van der Waals surface area contributed by atoms with Gasteiger partial charge in [-0.15, -0.1) is 5.75 Å². The van der Waals surface area contributed by atoms with Crippen LogP contribution in [0.4, 0.5) is 0 Å². The maximum Gasteiger partial charge on any atom is 0.124 e. The molecule has 0 unspecified atom stereocenters. The van der Waals surface area contributed by atoms with E-state index in [0.29, 0.717) is 0 Å². The van der Waals surface area contributed by atoms with Crippen LogP contribution in [0.1, 0.15) is 387 Å². The van der Waals surface area contributed by atoms with Crippen LogP contribution in [0.2, 0.25) is 0 Å². The quantitative estimate of drug-likeness (QED) is 0.0370. The third kappa shape index (κ3) is 67.8. The highest BCUT2D eigenvalue weighted by atomic mass is 32.2. The van der Waals surface area contributed by atoms with Crippen molar-refractivity contribution in [3.8, 4) is 5.75 Å². The fourth-order valence-corrected chi connectivity index (χ4v) is 12.3. The average molecular weight is 1160 g/mol. The monoisotopic (exact) mass is 1160 g/mol. The Morgan fingerprint density at radius 1 is 0.272 bits per heavy atom. The second kappa shape index (κ2) is 63.4. The second-order valence-electron chi connectivity index (χ2n) is 27.2. The van der Waals surface area contributed by atoms with E-state index in [2.05, 4.69) is 55.9 Å². The van der Waals surface area contributed by atoms with Gasteiger partial charge in [-0.3, -0.25) is 0 Å². The van der Waals surface area contributed by atoms with Crippen LogP contribution in [0.15, 0.2) is 29.2 Å². The van der Waals surface area contributed by atoms with Crippen LogP contribution in [-0.2, 0) is 10.1 Å². The van der Waals surface area contributed by atoms with Crippen LogP contribution in [-0.4, -0.2) is 76.3 Å². The Hall–Kier alpha value is -1.15. The molecule has 1 aromatic rings. The Morgan fingerprint density at radius 2 is 0.407 bits per heavy atom. The molecule has 484 valence electrons. The lowest BCUT2D eigenvalue weighted by atomic mass is 10.0. The van der Waals surface area contributed by atoms with Gasteiger partial charge in [0.15, 0.2) is 0 Å². The van der Waals surface area contributed by atoms with Gasteiger partial charge in [0.2, 0.25) is 0 Å². The predicted molar refractivity (Wildman–Crippen MR) is 359 cm³/mol. The first-order valence-electron chi connectivity index (χ1n) is 36.6. The van der Waals surface area contributed by atoms with Crippen molar-refractivity contribution in [2.45, 2.75) is 392 Å². The smallest absolute Gasteiger partial charge is 0.124 e. The summed E-state index contributed by atoms with van der Waals surface area (Å²) in [6, 6.07) is 4.05. The highest BCUT2D eigenvalue weighted by Gasteiger charge is 2.26. The van der Waals surface area contributed by atoms with E-state index < -0.39 is 10.1 Å². The molecule has 0 aliphatic rings. The molecule has 7 heteroatoms. The zero-order chi connectivity index (χ0) is 59.9. The standard InChI is InChI=1S/C64H132N.C6H6O4S.C4H12N/c1-5-9-13-17-21-25-29-33-37-41-45-49-53-57-61-65(62-58-54-50-46-42-38-34-30-26-22-18-14-10-6-2,63-59-55-51-47-43-39-35-31-27-23-19-15-11-7-3)64-60-56-52-48-44-40-36-32-28-24-20-16-12-8-4;7-5-1-3-6(4-2-5)11(8,9)10;1-5(2,3)4/h5-64H2,1-4H3;1-4,7H,(H,8,9,10);1-4H3/q+1;;+1/p-2. The number of unbranched alkanes of at least 4 members (excludes halogenated alkanes) is 52. The molecular formula is C74H148N2O4S. The molecule has 0 aliphatic carbocycles. The van der Waals surface area contributed by atoms with Crippen LogP contribution in [0, 0.1) is 0 Å².